The Balaban J connectivity index is 1.33. The molecule has 0 spiro atoms. The number of rotatable bonds is 5. The highest BCUT2D eigenvalue weighted by molar-refractivity contribution is 7.97. The molecule has 1 saturated heterocycles. The maximum Gasteiger partial charge on any atom is 0.260 e. The first kappa shape index (κ1) is 25.0. The Kier molecular flexibility index (Phi) is 7.03. The van der Waals surface area contributed by atoms with E-state index in [2.05, 4.69) is 26.7 Å². The third-order valence-electron chi connectivity index (χ3n) is 6.70. The lowest BCUT2D eigenvalue weighted by molar-refractivity contribution is -0.131. The third kappa shape index (κ3) is 5.12. The van der Waals surface area contributed by atoms with Gasteiger partial charge in [-0.05, 0) is 49.2 Å². The molecule has 3 aromatic rings. The molecule has 0 unspecified atom stereocenters. The van der Waals surface area contributed by atoms with Crippen molar-refractivity contribution in [1.29, 1.82) is 0 Å². The van der Waals surface area contributed by atoms with Gasteiger partial charge < -0.3 is 20.0 Å². The molecule has 2 amide bonds. The van der Waals surface area contributed by atoms with E-state index in [0.717, 1.165) is 48.0 Å². The third-order valence-corrected chi connectivity index (χ3v) is 7.78. The number of aromatic nitrogens is 2. The number of anilines is 5. The smallest absolute Gasteiger partial charge is 0.260 e. The fourth-order valence-corrected chi connectivity index (χ4v) is 5.55. The lowest BCUT2D eigenvalue weighted by atomic mass is 10.1. The molecule has 192 valence electrons. The van der Waals surface area contributed by atoms with Gasteiger partial charge in [0.1, 0.15) is 5.69 Å². The monoisotopic (exact) mass is 517 g/mol. The largest absolute Gasteiger partial charge is 0.340 e. The van der Waals surface area contributed by atoms with Crippen molar-refractivity contribution in [2.45, 2.75) is 25.2 Å². The minimum Gasteiger partial charge on any atom is -0.340 e. The van der Waals surface area contributed by atoms with Gasteiger partial charge in [-0.1, -0.05) is 24.6 Å². The number of benzene rings is 2. The molecule has 9 nitrogen and oxygen atoms in total. The van der Waals surface area contributed by atoms with Crippen LogP contribution in [0.4, 0.5) is 28.8 Å². The summed E-state index contributed by atoms with van der Waals surface area (Å²) in [4.78, 5) is 41.0. The van der Waals surface area contributed by atoms with Gasteiger partial charge in [0.15, 0.2) is 5.82 Å². The molecule has 0 atom stereocenters. The zero-order valence-electron chi connectivity index (χ0n) is 21.6. The molecule has 1 N–H and O–H groups in total. The number of aryl methyl sites for hydroxylation is 1. The molecule has 2 aliphatic heterocycles. The molecule has 10 heteroatoms. The van der Waals surface area contributed by atoms with Crippen molar-refractivity contribution in [3.63, 3.8) is 0 Å². The summed E-state index contributed by atoms with van der Waals surface area (Å²) >= 11 is 1.69. The molecular weight excluding hydrogens is 486 g/mol. The van der Waals surface area contributed by atoms with E-state index in [1.807, 2.05) is 61.0 Å². The predicted octanol–water partition coefficient (Wildman–Crippen LogP) is 4.45. The molecule has 2 aromatic carbocycles. The van der Waals surface area contributed by atoms with Crippen LogP contribution in [0.5, 0.6) is 0 Å². The summed E-state index contributed by atoms with van der Waals surface area (Å²) in [6.45, 7) is 7.07. The van der Waals surface area contributed by atoms with Crippen molar-refractivity contribution in [1.82, 2.24) is 19.2 Å². The number of hydrogen-bond acceptors (Lipinski definition) is 8. The van der Waals surface area contributed by atoms with E-state index in [1.54, 1.807) is 30.1 Å². The number of piperazine rings is 1. The lowest BCUT2D eigenvalue weighted by Crippen LogP contribution is -2.46. The van der Waals surface area contributed by atoms with Crippen LogP contribution in [0.25, 0.3) is 0 Å². The zero-order valence-corrected chi connectivity index (χ0v) is 22.4. The Morgan fingerprint density at radius 2 is 1.81 bits per heavy atom. The molecule has 37 heavy (non-hydrogen) atoms. The van der Waals surface area contributed by atoms with Crippen molar-refractivity contribution in [2.75, 3.05) is 55.4 Å². The molecule has 1 fully saturated rings. The van der Waals surface area contributed by atoms with Gasteiger partial charge in [0.05, 0.1) is 17.4 Å². The van der Waals surface area contributed by atoms with Gasteiger partial charge in [-0.25, -0.2) is 9.29 Å². The van der Waals surface area contributed by atoms with Crippen LogP contribution in [-0.4, -0.2) is 71.3 Å². The van der Waals surface area contributed by atoms with Gasteiger partial charge in [-0.2, -0.15) is 4.98 Å². The van der Waals surface area contributed by atoms with Crippen LogP contribution in [0.2, 0.25) is 0 Å². The number of amides is 2. The summed E-state index contributed by atoms with van der Waals surface area (Å²) in [5, 5.41) is 3.32. The van der Waals surface area contributed by atoms with Gasteiger partial charge in [0.2, 0.25) is 11.9 Å². The van der Waals surface area contributed by atoms with E-state index in [0.29, 0.717) is 29.4 Å². The summed E-state index contributed by atoms with van der Waals surface area (Å²) in [6.07, 6.45) is 2.24. The first-order valence-corrected chi connectivity index (χ1v) is 13.2. The standard InChI is InChI=1S/C27H31N7O2S/c1-5-24(35)33-11-13-34(14-12-33)37-20-8-6-7-19(16-20)29-27-28-17-23-25(30-27)31(3)22-10-9-18(2)15-21(22)26(36)32(23)4/h6-10,15-17H,5,11-14H2,1-4H3,(H,28,29,30). The number of carbonyl (C=O) groups is 2. The van der Waals surface area contributed by atoms with Crippen molar-refractivity contribution < 1.29 is 9.59 Å². The summed E-state index contributed by atoms with van der Waals surface area (Å²) in [5.41, 5.74) is 4.01. The average molecular weight is 518 g/mol. The van der Waals surface area contributed by atoms with Gasteiger partial charge in [-0.15, -0.1) is 0 Å². The van der Waals surface area contributed by atoms with E-state index in [1.165, 1.54) is 0 Å². The first-order chi connectivity index (χ1) is 17.8. The van der Waals surface area contributed by atoms with Gasteiger partial charge in [-0.3, -0.25) is 9.59 Å². The van der Waals surface area contributed by atoms with Crippen molar-refractivity contribution in [3.8, 4) is 0 Å². The summed E-state index contributed by atoms with van der Waals surface area (Å²) < 4.78 is 2.29. The van der Waals surface area contributed by atoms with Gasteiger partial charge in [0, 0.05) is 57.3 Å². The minimum absolute atomic E-state index is 0.0850. The average Bonchev–Trinajstić information content (AvgIpc) is 2.98. The Hall–Kier alpha value is -3.63. The fourth-order valence-electron chi connectivity index (χ4n) is 4.59. The second-order valence-corrected chi connectivity index (χ2v) is 10.4. The summed E-state index contributed by atoms with van der Waals surface area (Å²) in [5.74, 6) is 1.24. The summed E-state index contributed by atoms with van der Waals surface area (Å²) in [6, 6.07) is 14.0. The van der Waals surface area contributed by atoms with E-state index < -0.39 is 0 Å². The molecule has 0 aliphatic carbocycles. The molecule has 1 aromatic heterocycles. The Labute approximate surface area is 221 Å². The second-order valence-electron chi connectivity index (χ2n) is 9.25. The van der Waals surface area contributed by atoms with Crippen molar-refractivity contribution in [3.05, 3.63) is 59.8 Å². The number of hydrogen-bond donors (Lipinski definition) is 1. The van der Waals surface area contributed by atoms with Crippen LogP contribution in [0, 0.1) is 6.92 Å². The van der Waals surface area contributed by atoms with Gasteiger partial charge >= 0.3 is 0 Å². The maximum atomic E-state index is 13.1. The SMILES string of the molecule is CCC(=O)N1CCN(Sc2cccc(Nc3ncc4c(n3)N(C)c3ccc(C)cc3C(=O)N4C)c2)CC1. The second kappa shape index (κ2) is 10.4. The van der Waals surface area contributed by atoms with E-state index >= 15 is 0 Å². The Morgan fingerprint density at radius 1 is 1.03 bits per heavy atom. The molecule has 0 saturated carbocycles. The maximum absolute atomic E-state index is 13.1. The fraction of sp³-hybridized carbons (Fsp3) is 0.333. The summed E-state index contributed by atoms with van der Waals surface area (Å²) in [7, 11) is 3.67. The number of nitrogens with one attached hydrogen (secondary N) is 1. The van der Waals surface area contributed by atoms with Crippen molar-refractivity contribution in [2.24, 2.45) is 0 Å². The molecule has 2 aliphatic rings. The molecule has 5 rings (SSSR count). The predicted molar refractivity (Wildman–Crippen MR) is 148 cm³/mol. The minimum atomic E-state index is -0.0850. The number of fused-ring (bicyclic) bond motifs is 2. The lowest BCUT2D eigenvalue weighted by Gasteiger charge is -2.33. The Morgan fingerprint density at radius 3 is 2.57 bits per heavy atom. The number of nitrogens with zero attached hydrogens (tertiary/aromatic N) is 6. The van der Waals surface area contributed by atoms with Crippen molar-refractivity contribution >= 4 is 52.6 Å². The highest BCUT2D eigenvalue weighted by Gasteiger charge is 2.29. The normalized spacial score (nSPS) is 15.8. The van der Waals surface area contributed by atoms with Crippen LogP contribution in [0.1, 0.15) is 29.3 Å². The Bertz CT molecular complexity index is 1340. The molecule has 0 bridgehead atoms. The van der Waals surface area contributed by atoms with Crippen LogP contribution in [0.15, 0.2) is 53.6 Å². The first-order valence-electron chi connectivity index (χ1n) is 12.4. The van der Waals surface area contributed by atoms with E-state index in [-0.39, 0.29) is 11.8 Å². The van der Waals surface area contributed by atoms with E-state index in [4.69, 9.17) is 4.98 Å². The van der Waals surface area contributed by atoms with Crippen LogP contribution in [0.3, 0.4) is 0 Å². The van der Waals surface area contributed by atoms with Crippen LogP contribution in [-0.2, 0) is 4.79 Å². The quantitative estimate of drug-likeness (QED) is 0.497. The highest BCUT2D eigenvalue weighted by Crippen LogP contribution is 2.38. The number of carbonyl (C=O) groups excluding carboxylic acids is 2. The topological polar surface area (TPSA) is 84.9 Å². The highest BCUT2D eigenvalue weighted by atomic mass is 32.2. The zero-order chi connectivity index (χ0) is 26.1. The molecule has 3 heterocycles. The van der Waals surface area contributed by atoms with Gasteiger partial charge in [0.25, 0.3) is 5.91 Å². The molecular formula is C27H31N7O2S. The van der Waals surface area contributed by atoms with Crippen LogP contribution < -0.4 is 15.1 Å². The van der Waals surface area contributed by atoms with E-state index in [9.17, 15) is 9.59 Å². The molecule has 0 radical (unpaired) electrons. The van der Waals surface area contributed by atoms with Crippen LogP contribution >= 0.6 is 11.9 Å².